The van der Waals surface area contributed by atoms with Crippen molar-refractivity contribution in [2.45, 2.75) is 13.1 Å². The summed E-state index contributed by atoms with van der Waals surface area (Å²) in [6.07, 6.45) is -4.67. The monoisotopic (exact) mass is 423 g/mol. The van der Waals surface area contributed by atoms with Crippen LogP contribution in [0.5, 0.6) is 0 Å². The minimum atomic E-state index is -4.67. The largest absolute Gasteiger partial charge is 0.478 e. The molecule has 4 nitrogen and oxygen atoms in total. The van der Waals surface area contributed by atoms with Crippen LogP contribution in [0.4, 0.5) is 13.2 Å². The van der Waals surface area contributed by atoms with E-state index >= 15 is 0 Å². The second-order valence-corrected chi connectivity index (χ2v) is 7.04. The van der Waals surface area contributed by atoms with Gasteiger partial charge in [0.15, 0.2) is 0 Å². The molecule has 0 saturated heterocycles. The highest BCUT2D eigenvalue weighted by Gasteiger charge is 2.35. The Bertz CT molecular complexity index is 1320. The Balaban J connectivity index is 1.95. The molecule has 156 valence electrons. The summed E-state index contributed by atoms with van der Waals surface area (Å²) in [6, 6.07) is 17.8. The van der Waals surface area contributed by atoms with E-state index in [0.29, 0.717) is 27.7 Å². The van der Waals surface area contributed by atoms with Crippen LogP contribution in [0.1, 0.15) is 32.0 Å². The fourth-order valence-corrected chi connectivity index (χ4v) is 3.81. The molecule has 1 heterocycles. The summed E-state index contributed by atoms with van der Waals surface area (Å²) >= 11 is 0. The van der Waals surface area contributed by atoms with Crippen molar-refractivity contribution in [3.8, 4) is 11.1 Å². The second-order valence-electron chi connectivity index (χ2n) is 7.04. The van der Waals surface area contributed by atoms with Crippen LogP contribution in [0.3, 0.4) is 0 Å². The van der Waals surface area contributed by atoms with Crippen LogP contribution in [-0.4, -0.2) is 21.6 Å². The lowest BCUT2D eigenvalue weighted by Gasteiger charge is -2.14. The van der Waals surface area contributed by atoms with Crippen molar-refractivity contribution in [1.82, 2.24) is 4.57 Å². The van der Waals surface area contributed by atoms with Gasteiger partial charge in [-0.15, -0.1) is 0 Å². The van der Waals surface area contributed by atoms with Gasteiger partial charge in [0.1, 0.15) is 0 Å². The Labute approximate surface area is 175 Å². The molecule has 4 aromatic rings. The fourth-order valence-electron chi connectivity index (χ4n) is 3.81. The first-order valence-corrected chi connectivity index (χ1v) is 9.35. The number of hydrogen-bond donors (Lipinski definition) is 1. The summed E-state index contributed by atoms with van der Waals surface area (Å²) in [6.45, 7) is 1.66. The van der Waals surface area contributed by atoms with Gasteiger partial charge in [0.05, 0.1) is 22.2 Å². The summed E-state index contributed by atoms with van der Waals surface area (Å²) in [5, 5.41) is 9.81. The van der Waals surface area contributed by atoms with Gasteiger partial charge in [-0.3, -0.25) is 9.36 Å². The maximum absolute atomic E-state index is 13.5. The zero-order chi connectivity index (χ0) is 22.3. The van der Waals surface area contributed by atoms with Crippen LogP contribution in [0.2, 0.25) is 0 Å². The number of carbonyl (C=O) groups is 2. The number of alkyl halides is 3. The molecular weight excluding hydrogens is 407 g/mol. The molecule has 31 heavy (non-hydrogen) atoms. The van der Waals surface area contributed by atoms with Crippen molar-refractivity contribution in [1.29, 1.82) is 0 Å². The number of carbonyl (C=O) groups excluding carboxylic acids is 1. The third-order valence-corrected chi connectivity index (χ3v) is 5.20. The summed E-state index contributed by atoms with van der Waals surface area (Å²) in [7, 11) is 0. The molecule has 1 aromatic heterocycles. The maximum Gasteiger partial charge on any atom is 0.417 e. The number of carboxylic acid groups (broad SMARTS) is 1. The summed E-state index contributed by atoms with van der Waals surface area (Å²) in [5.74, 6) is -1.85. The molecule has 7 heteroatoms. The lowest BCUT2D eigenvalue weighted by Crippen LogP contribution is -2.19. The standard InChI is InChI=1S/C24H16F3NO3/c1-14-21(15-10-12-16(13-11-15)23(30)31)18-7-3-5-9-20(18)28(14)22(29)17-6-2-4-8-19(17)24(25,26)27/h2-13H,1H3,(H,30,31). The molecule has 1 N–H and O–H groups in total. The highest BCUT2D eigenvalue weighted by molar-refractivity contribution is 6.09. The number of halogens is 3. The van der Waals surface area contributed by atoms with Gasteiger partial charge in [-0.2, -0.15) is 13.2 Å². The normalized spacial score (nSPS) is 11.6. The van der Waals surface area contributed by atoms with E-state index in [0.717, 1.165) is 6.07 Å². The van der Waals surface area contributed by atoms with Gasteiger partial charge in [-0.05, 0) is 42.8 Å². The predicted octanol–water partition coefficient (Wildman–Crippen LogP) is 6.02. The van der Waals surface area contributed by atoms with Crippen molar-refractivity contribution < 1.29 is 27.9 Å². The van der Waals surface area contributed by atoms with Crippen molar-refractivity contribution >= 4 is 22.8 Å². The topological polar surface area (TPSA) is 59.3 Å². The molecule has 0 bridgehead atoms. The number of aromatic nitrogens is 1. The van der Waals surface area contributed by atoms with Gasteiger partial charge < -0.3 is 5.11 Å². The number of fused-ring (bicyclic) bond motifs is 1. The van der Waals surface area contributed by atoms with E-state index in [1.807, 2.05) is 0 Å². The molecule has 0 spiro atoms. The molecule has 0 radical (unpaired) electrons. The lowest BCUT2D eigenvalue weighted by molar-refractivity contribution is -0.137. The molecule has 0 fully saturated rings. The van der Waals surface area contributed by atoms with Crippen LogP contribution in [0, 0.1) is 6.92 Å². The van der Waals surface area contributed by atoms with E-state index < -0.39 is 29.2 Å². The first-order valence-electron chi connectivity index (χ1n) is 9.35. The average Bonchev–Trinajstić information content (AvgIpc) is 3.04. The lowest BCUT2D eigenvalue weighted by atomic mass is 10.0. The zero-order valence-electron chi connectivity index (χ0n) is 16.3. The quantitative estimate of drug-likeness (QED) is 0.438. The SMILES string of the molecule is Cc1c(-c2ccc(C(=O)O)cc2)c2ccccc2n1C(=O)c1ccccc1C(F)(F)F. The highest BCUT2D eigenvalue weighted by Crippen LogP contribution is 2.37. The van der Waals surface area contributed by atoms with Crippen molar-refractivity contribution in [2.75, 3.05) is 0 Å². The van der Waals surface area contributed by atoms with E-state index in [4.69, 9.17) is 5.11 Å². The van der Waals surface area contributed by atoms with Crippen molar-refractivity contribution in [3.63, 3.8) is 0 Å². The van der Waals surface area contributed by atoms with Crippen molar-refractivity contribution in [3.05, 3.63) is 95.2 Å². The van der Waals surface area contributed by atoms with Crippen molar-refractivity contribution in [2.24, 2.45) is 0 Å². The number of nitrogens with zero attached hydrogens (tertiary/aromatic N) is 1. The molecule has 0 atom stereocenters. The van der Waals surface area contributed by atoms with Crippen LogP contribution < -0.4 is 0 Å². The van der Waals surface area contributed by atoms with E-state index in [1.54, 1.807) is 43.3 Å². The first-order chi connectivity index (χ1) is 14.7. The third-order valence-electron chi connectivity index (χ3n) is 5.20. The van der Waals surface area contributed by atoms with Crippen LogP contribution >= 0.6 is 0 Å². The number of para-hydroxylation sites is 1. The van der Waals surface area contributed by atoms with Gasteiger partial charge >= 0.3 is 12.1 Å². The van der Waals surface area contributed by atoms with Gasteiger partial charge in [0.25, 0.3) is 5.91 Å². The molecular formula is C24H16F3NO3. The molecule has 0 aliphatic carbocycles. The second kappa shape index (κ2) is 7.43. The number of hydrogen-bond acceptors (Lipinski definition) is 2. The fraction of sp³-hybridized carbons (Fsp3) is 0.0833. The third kappa shape index (κ3) is 3.48. The Morgan fingerprint density at radius 1 is 0.871 bits per heavy atom. The minimum Gasteiger partial charge on any atom is -0.478 e. The number of carboxylic acids is 1. The molecule has 4 rings (SSSR count). The molecule has 3 aromatic carbocycles. The molecule has 0 aliphatic rings. The minimum absolute atomic E-state index is 0.111. The zero-order valence-corrected chi connectivity index (χ0v) is 16.3. The van der Waals surface area contributed by atoms with Crippen LogP contribution in [-0.2, 0) is 6.18 Å². The Hall–Kier alpha value is -3.87. The van der Waals surface area contributed by atoms with Gasteiger partial charge in [0.2, 0.25) is 0 Å². The van der Waals surface area contributed by atoms with E-state index in [9.17, 15) is 22.8 Å². The van der Waals surface area contributed by atoms with E-state index in [-0.39, 0.29) is 5.56 Å². The average molecular weight is 423 g/mol. The van der Waals surface area contributed by atoms with Gasteiger partial charge in [-0.25, -0.2) is 4.79 Å². The van der Waals surface area contributed by atoms with Gasteiger partial charge in [0, 0.05) is 16.6 Å². The predicted molar refractivity (Wildman–Crippen MR) is 110 cm³/mol. The smallest absolute Gasteiger partial charge is 0.417 e. The van der Waals surface area contributed by atoms with E-state index in [2.05, 4.69) is 0 Å². The Morgan fingerprint density at radius 2 is 1.48 bits per heavy atom. The van der Waals surface area contributed by atoms with E-state index in [1.165, 1.54) is 34.9 Å². The number of benzene rings is 3. The number of aromatic carboxylic acids is 1. The molecule has 0 aliphatic heterocycles. The summed E-state index contributed by atoms with van der Waals surface area (Å²) in [4.78, 5) is 24.5. The molecule has 0 amide bonds. The van der Waals surface area contributed by atoms with Crippen LogP contribution in [0.25, 0.3) is 22.0 Å². The summed E-state index contributed by atoms with van der Waals surface area (Å²) in [5.41, 5.74) is 0.932. The Kier molecular flexibility index (Phi) is 4.89. The number of rotatable bonds is 3. The Morgan fingerprint density at radius 3 is 2.13 bits per heavy atom. The highest BCUT2D eigenvalue weighted by atomic mass is 19.4. The molecule has 0 saturated carbocycles. The summed E-state index contributed by atoms with van der Waals surface area (Å²) < 4.78 is 41.8. The molecule has 0 unspecified atom stereocenters. The van der Waals surface area contributed by atoms with Gasteiger partial charge in [-0.1, -0.05) is 42.5 Å². The van der Waals surface area contributed by atoms with Crippen LogP contribution in [0.15, 0.2) is 72.8 Å². The maximum atomic E-state index is 13.5. The first kappa shape index (κ1) is 20.4.